The average molecular weight is 251 g/mol. The summed E-state index contributed by atoms with van der Waals surface area (Å²) in [4.78, 5) is 17.6. The Hall–Kier alpha value is -1.49. The van der Waals surface area contributed by atoms with Crippen LogP contribution in [0, 0.1) is 5.82 Å². The Labute approximate surface area is 106 Å². The van der Waals surface area contributed by atoms with Crippen LogP contribution in [0.3, 0.4) is 0 Å². The van der Waals surface area contributed by atoms with Crippen LogP contribution in [0.4, 0.5) is 4.39 Å². The number of halogens is 1. The normalized spacial score (nSPS) is 20.2. The van der Waals surface area contributed by atoms with Crippen molar-refractivity contribution in [3.8, 4) is 0 Å². The number of hydrogen-bond acceptors (Lipinski definition) is 3. The van der Waals surface area contributed by atoms with Crippen LogP contribution >= 0.6 is 0 Å². The van der Waals surface area contributed by atoms with E-state index in [0.717, 1.165) is 38.5 Å². The fraction of sp³-hybridized carbons (Fsp3) is 0.538. The number of pyridine rings is 1. The zero-order valence-corrected chi connectivity index (χ0v) is 10.5. The molecule has 1 fully saturated rings. The van der Waals surface area contributed by atoms with Crippen molar-refractivity contribution in [2.75, 3.05) is 20.1 Å². The highest BCUT2D eigenvalue weighted by Crippen LogP contribution is 2.15. The van der Waals surface area contributed by atoms with E-state index >= 15 is 0 Å². The van der Waals surface area contributed by atoms with Crippen molar-refractivity contribution in [3.63, 3.8) is 0 Å². The van der Waals surface area contributed by atoms with Gasteiger partial charge in [0, 0.05) is 19.3 Å². The van der Waals surface area contributed by atoms with E-state index in [-0.39, 0.29) is 11.9 Å². The van der Waals surface area contributed by atoms with Gasteiger partial charge in [0.25, 0.3) is 5.91 Å². The summed E-state index contributed by atoms with van der Waals surface area (Å²) in [6.45, 7) is 1.92. The predicted molar refractivity (Wildman–Crippen MR) is 66.8 cm³/mol. The lowest BCUT2D eigenvalue weighted by molar-refractivity contribution is 0.0719. The van der Waals surface area contributed by atoms with Gasteiger partial charge in [-0.1, -0.05) is 0 Å². The molecule has 1 N–H and O–H groups in total. The van der Waals surface area contributed by atoms with Crippen molar-refractivity contribution in [2.24, 2.45) is 0 Å². The van der Waals surface area contributed by atoms with Gasteiger partial charge in [0.2, 0.25) is 0 Å². The minimum absolute atomic E-state index is 0.158. The minimum Gasteiger partial charge on any atom is -0.339 e. The molecule has 2 rings (SSSR count). The lowest BCUT2D eigenvalue weighted by atomic mass is 10.1. The lowest BCUT2D eigenvalue weighted by Crippen LogP contribution is -2.37. The zero-order chi connectivity index (χ0) is 13.0. The highest BCUT2D eigenvalue weighted by atomic mass is 19.1. The van der Waals surface area contributed by atoms with Crippen LogP contribution in [-0.4, -0.2) is 42.0 Å². The Bertz CT molecular complexity index is 416. The first-order valence-corrected chi connectivity index (χ1v) is 6.27. The average Bonchev–Trinajstić information content (AvgIpc) is 2.66. The molecule has 1 aliphatic rings. The van der Waals surface area contributed by atoms with Crippen LogP contribution in [0.2, 0.25) is 0 Å². The maximum atomic E-state index is 13.1. The van der Waals surface area contributed by atoms with Gasteiger partial charge in [-0.15, -0.1) is 0 Å². The molecule has 4 nitrogen and oxygen atoms in total. The zero-order valence-electron chi connectivity index (χ0n) is 10.5. The van der Waals surface area contributed by atoms with Gasteiger partial charge in [-0.2, -0.15) is 0 Å². The van der Waals surface area contributed by atoms with E-state index in [1.807, 2.05) is 0 Å². The van der Waals surface area contributed by atoms with Crippen LogP contribution in [0.25, 0.3) is 0 Å². The monoisotopic (exact) mass is 251 g/mol. The highest BCUT2D eigenvalue weighted by Gasteiger charge is 2.22. The van der Waals surface area contributed by atoms with E-state index < -0.39 is 5.82 Å². The van der Waals surface area contributed by atoms with Gasteiger partial charge in [-0.25, -0.2) is 4.39 Å². The Balaban J connectivity index is 2.07. The molecule has 1 saturated heterocycles. The molecule has 1 unspecified atom stereocenters. The van der Waals surface area contributed by atoms with Crippen molar-refractivity contribution >= 4 is 5.91 Å². The molecule has 0 aromatic carbocycles. The summed E-state index contributed by atoms with van der Waals surface area (Å²) in [6, 6.07) is 1.46. The maximum absolute atomic E-state index is 13.1. The maximum Gasteiger partial charge on any atom is 0.255 e. The standard InChI is InChI=1S/C13H18FN3O/c1-17(12-3-2-5-15-6-4-12)13(18)10-7-11(14)9-16-8-10/h7-9,12,15H,2-6H2,1H3. The number of aromatic nitrogens is 1. The number of carbonyl (C=O) groups excluding carboxylic acids is 1. The van der Waals surface area contributed by atoms with Gasteiger partial charge >= 0.3 is 0 Å². The molecule has 0 aliphatic carbocycles. The van der Waals surface area contributed by atoms with Gasteiger partial charge < -0.3 is 10.2 Å². The number of nitrogens with one attached hydrogen (secondary N) is 1. The van der Waals surface area contributed by atoms with Gasteiger partial charge in [0.05, 0.1) is 11.8 Å². The molecule has 1 atom stereocenters. The van der Waals surface area contributed by atoms with Gasteiger partial charge in [-0.05, 0) is 38.4 Å². The van der Waals surface area contributed by atoms with E-state index in [4.69, 9.17) is 0 Å². The summed E-state index contributed by atoms with van der Waals surface area (Å²) in [5.41, 5.74) is 0.315. The van der Waals surface area contributed by atoms with E-state index in [1.165, 1.54) is 12.3 Å². The molecule has 1 aromatic heterocycles. The van der Waals surface area contributed by atoms with Crippen molar-refractivity contribution in [3.05, 3.63) is 29.8 Å². The summed E-state index contributed by atoms with van der Waals surface area (Å²) in [5.74, 6) is -0.634. The van der Waals surface area contributed by atoms with Crippen LogP contribution in [0.5, 0.6) is 0 Å². The Kier molecular flexibility index (Phi) is 4.25. The molecule has 98 valence electrons. The first kappa shape index (κ1) is 13.0. The second kappa shape index (κ2) is 5.91. The van der Waals surface area contributed by atoms with E-state index in [0.29, 0.717) is 5.56 Å². The lowest BCUT2D eigenvalue weighted by Gasteiger charge is -2.27. The van der Waals surface area contributed by atoms with Crippen molar-refractivity contribution in [1.29, 1.82) is 0 Å². The van der Waals surface area contributed by atoms with E-state index in [2.05, 4.69) is 10.3 Å². The molecule has 2 heterocycles. The molecule has 1 aliphatic heterocycles. The summed E-state index contributed by atoms with van der Waals surface area (Å²) in [5, 5.41) is 3.31. The molecule has 0 bridgehead atoms. The van der Waals surface area contributed by atoms with Crippen LogP contribution < -0.4 is 5.32 Å². The summed E-state index contributed by atoms with van der Waals surface area (Å²) >= 11 is 0. The third-order valence-corrected chi connectivity index (χ3v) is 3.37. The molecule has 18 heavy (non-hydrogen) atoms. The fourth-order valence-corrected chi connectivity index (χ4v) is 2.29. The molecular weight excluding hydrogens is 233 g/mol. The molecule has 0 radical (unpaired) electrons. The first-order valence-electron chi connectivity index (χ1n) is 6.27. The largest absolute Gasteiger partial charge is 0.339 e. The van der Waals surface area contributed by atoms with Gasteiger partial charge in [0.1, 0.15) is 5.82 Å². The van der Waals surface area contributed by atoms with Crippen molar-refractivity contribution < 1.29 is 9.18 Å². The third-order valence-electron chi connectivity index (χ3n) is 3.37. The predicted octanol–water partition coefficient (Wildman–Crippen LogP) is 1.43. The molecule has 0 spiro atoms. The van der Waals surface area contributed by atoms with Crippen LogP contribution in [-0.2, 0) is 0 Å². The summed E-state index contributed by atoms with van der Waals surface area (Å²) in [7, 11) is 1.78. The number of amides is 1. The summed E-state index contributed by atoms with van der Waals surface area (Å²) < 4.78 is 13.1. The third kappa shape index (κ3) is 3.04. The van der Waals surface area contributed by atoms with E-state index in [9.17, 15) is 9.18 Å². The van der Waals surface area contributed by atoms with Crippen molar-refractivity contribution in [2.45, 2.75) is 25.3 Å². The quantitative estimate of drug-likeness (QED) is 0.865. The smallest absolute Gasteiger partial charge is 0.255 e. The topological polar surface area (TPSA) is 45.2 Å². The fourth-order valence-electron chi connectivity index (χ4n) is 2.29. The van der Waals surface area contributed by atoms with Gasteiger partial charge in [0.15, 0.2) is 0 Å². The number of nitrogens with zero attached hydrogens (tertiary/aromatic N) is 2. The molecular formula is C13H18FN3O. The first-order chi connectivity index (χ1) is 8.68. The second-order valence-corrected chi connectivity index (χ2v) is 4.64. The van der Waals surface area contributed by atoms with Crippen LogP contribution in [0.1, 0.15) is 29.6 Å². The minimum atomic E-state index is -0.475. The molecule has 5 heteroatoms. The van der Waals surface area contributed by atoms with E-state index in [1.54, 1.807) is 11.9 Å². The number of rotatable bonds is 2. The Morgan fingerprint density at radius 3 is 3.06 bits per heavy atom. The van der Waals surface area contributed by atoms with Gasteiger partial charge in [-0.3, -0.25) is 9.78 Å². The Morgan fingerprint density at radius 2 is 2.28 bits per heavy atom. The van der Waals surface area contributed by atoms with Crippen molar-refractivity contribution in [1.82, 2.24) is 15.2 Å². The summed E-state index contributed by atoms with van der Waals surface area (Å²) in [6.07, 6.45) is 5.50. The molecule has 1 aromatic rings. The molecule has 0 saturated carbocycles. The number of hydrogen-bond donors (Lipinski definition) is 1. The SMILES string of the molecule is CN(C(=O)c1cncc(F)c1)C1CCCNCC1. The highest BCUT2D eigenvalue weighted by molar-refractivity contribution is 5.93. The number of carbonyl (C=O) groups is 1. The Morgan fingerprint density at radius 1 is 1.44 bits per heavy atom. The second-order valence-electron chi connectivity index (χ2n) is 4.64. The molecule has 1 amide bonds. The van der Waals surface area contributed by atoms with Crippen LogP contribution in [0.15, 0.2) is 18.5 Å².